The maximum Gasteiger partial charge on any atom is 0.0754 e. The molecule has 0 aliphatic carbocycles. The Hall–Kier alpha value is -0.970. The van der Waals surface area contributed by atoms with Crippen LogP contribution in [-0.2, 0) is 4.74 Å². The first kappa shape index (κ1) is 16.1. The van der Waals surface area contributed by atoms with E-state index in [-0.39, 0.29) is 12.6 Å². The number of rotatable bonds is 8. The molecule has 1 atom stereocenters. The molecule has 0 saturated carbocycles. The van der Waals surface area contributed by atoms with Crippen LogP contribution in [0.5, 0.6) is 0 Å². The number of hydrogen-bond donors (Lipinski definition) is 1. The lowest BCUT2D eigenvalue weighted by atomic mass is 10.1. The Morgan fingerprint density at radius 3 is 2.89 bits per heavy atom. The van der Waals surface area contributed by atoms with Crippen molar-refractivity contribution in [1.29, 1.82) is 0 Å². The van der Waals surface area contributed by atoms with Crippen LogP contribution in [0.1, 0.15) is 26.2 Å². The van der Waals surface area contributed by atoms with E-state index in [1.54, 1.807) is 7.11 Å². The summed E-state index contributed by atoms with van der Waals surface area (Å²) in [5.41, 5.74) is 0.942. The summed E-state index contributed by atoms with van der Waals surface area (Å²) in [4.78, 5) is 6.72. The van der Waals surface area contributed by atoms with Gasteiger partial charge in [-0.05, 0) is 31.9 Å². The molecule has 1 heterocycles. The van der Waals surface area contributed by atoms with Gasteiger partial charge in [-0.2, -0.15) is 0 Å². The predicted octanol–water partition coefficient (Wildman–Crippen LogP) is 2.01. The first-order valence-corrected chi connectivity index (χ1v) is 7.06. The summed E-state index contributed by atoms with van der Waals surface area (Å²) in [6, 6.07) is -0.0270. The fourth-order valence-corrected chi connectivity index (χ4v) is 2.19. The fraction of sp³-hybridized carbons (Fsp3) is 0.667. The molecule has 4 heteroatoms. The minimum atomic E-state index is -0.0270. The Balaban J connectivity index is 2.71. The zero-order valence-electron chi connectivity index (χ0n) is 12.1. The van der Waals surface area contributed by atoms with Gasteiger partial charge >= 0.3 is 0 Å². The fourth-order valence-electron chi connectivity index (χ4n) is 2.19. The third-order valence-corrected chi connectivity index (χ3v) is 3.27. The highest BCUT2D eigenvalue weighted by molar-refractivity contribution is 5.99. The van der Waals surface area contributed by atoms with Crippen molar-refractivity contribution in [2.24, 2.45) is 4.99 Å². The van der Waals surface area contributed by atoms with Gasteiger partial charge in [0.1, 0.15) is 0 Å². The highest BCUT2D eigenvalue weighted by Crippen LogP contribution is 2.08. The monoisotopic (exact) mass is 266 g/mol. The molecule has 1 unspecified atom stereocenters. The van der Waals surface area contributed by atoms with Gasteiger partial charge in [0.05, 0.1) is 18.4 Å². The van der Waals surface area contributed by atoms with E-state index in [0.29, 0.717) is 0 Å². The van der Waals surface area contributed by atoms with Crippen molar-refractivity contribution in [2.75, 3.05) is 33.4 Å². The molecule has 0 fully saturated rings. The molecule has 0 radical (unpaired) electrons. The number of methoxy groups -OCH3 is 1. The Morgan fingerprint density at radius 2 is 2.21 bits per heavy atom. The van der Waals surface area contributed by atoms with Crippen molar-refractivity contribution in [3.05, 3.63) is 24.4 Å². The van der Waals surface area contributed by atoms with E-state index in [0.717, 1.165) is 44.7 Å². The molecule has 1 rings (SSSR count). The normalized spacial score (nSPS) is 23.3. The molecular weight excluding hydrogens is 240 g/mol. The number of likely N-dealkylation sites (N-methyl/N-ethyl adjacent to an activating group) is 1. The number of aliphatic hydroxyl groups is 1. The summed E-state index contributed by atoms with van der Waals surface area (Å²) in [5.74, 6) is 0. The summed E-state index contributed by atoms with van der Waals surface area (Å²) in [6.45, 7) is 4.75. The Kier molecular flexibility index (Phi) is 8.38. The molecule has 0 aromatic heterocycles. The first-order valence-electron chi connectivity index (χ1n) is 7.06. The highest BCUT2D eigenvalue weighted by Gasteiger charge is 2.20. The zero-order chi connectivity index (χ0) is 13.9. The van der Waals surface area contributed by atoms with E-state index < -0.39 is 0 Å². The molecule has 0 aromatic rings. The number of hydrogen-bond acceptors (Lipinski definition) is 4. The SMILES string of the molecule is CCN(CCCOC)C(CO)C1=N/C=C\CC/C=C\1. The molecule has 1 aliphatic rings. The molecule has 0 aromatic carbocycles. The Morgan fingerprint density at radius 1 is 1.42 bits per heavy atom. The van der Waals surface area contributed by atoms with Crippen LogP contribution >= 0.6 is 0 Å². The van der Waals surface area contributed by atoms with E-state index in [1.807, 2.05) is 12.3 Å². The molecule has 1 N–H and O–H groups in total. The summed E-state index contributed by atoms with van der Waals surface area (Å²) >= 11 is 0. The van der Waals surface area contributed by atoms with E-state index >= 15 is 0 Å². The smallest absolute Gasteiger partial charge is 0.0754 e. The van der Waals surface area contributed by atoms with Crippen molar-refractivity contribution in [1.82, 2.24) is 4.90 Å². The quantitative estimate of drug-likeness (QED) is 0.684. The van der Waals surface area contributed by atoms with E-state index in [1.165, 1.54) is 0 Å². The van der Waals surface area contributed by atoms with Gasteiger partial charge in [-0.1, -0.05) is 19.1 Å². The lowest BCUT2D eigenvalue weighted by molar-refractivity contribution is 0.141. The molecule has 1 aliphatic heterocycles. The van der Waals surface area contributed by atoms with Gasteiger partial charge in [0.2, 0.25) is 0 Å². The summed E-state index contributed by atoms with van der Waals surface area (Å²) in [6.07, 6.45) is 11.1. The van der Waals surface area contributed by atoms with Crippen LogP contribution in [0.2, 0.25) is 0 Å². The number of ether oxygens (including phenoxy) is 1. The van der Waals surface area contributed by atoms with Gasteiger partial charge in [-0.15, -0.1) is 0 Å². The van der Waals surface area contributed by atoms with Crippen molar-refractivity contribution >= 4 is 5.71 Å². The van der Waals surface area contributed by atoms with Crippen molar-refractivity contribution < 1.29 is 9.84 Å². The second-order valence-electron chi connectivity index (χ2n) is 4.59. The van der Waals surface area contributed by atoms with Crippen LogP contribution < -0.4 is 0 Å². The Labute approximate surface area is 116 Å². The lowest BCUT2D eigenvalue weighted by Gasteiger charge is -2.29. The molecule has 19 heavy (non-hydrogen) atoms. The third-order valence-electron chi connectivity index (χ3n) is 3.27. The second kappa shape index (κ2) is 9.89. The molecule has 0 spiro atoms. The van der Waals surface area contributed by atoms with Crippen molar-refractivity contribution in [3.63, 3.8) is 0 Å². The number of aliphatic imine (C=N–C) groups is 1. The van der Waals surface area contributed by atoms with E-state index in [2.05, 4.69) is 29.0 Å². The summed E-state index contributed by atoms with van der Waals surface area (Å²) < 4.78 is 5.09. The summed E-state index contributed by atoms with van der Waals surface area (Å²) in [5, 5.41) is 9.69. The van der Waals surface area contributed by atoms with Gasteiger partial charge in [0.25, 0.3) is 0 Å². The first-order chi connectivity index (χ1) is 9.33. The zero-order valence-corrected chi connectivity index (χ0v) is 12.1. The minimum absolute atomic E-state index is 0.0270. The van der Waals surface area contributed by atoms with Gasteiger partial charge in [0.15, 0.2) is 0 Å². The van der Waals surface area contributed by atoms with Crippen molar-refractivity contribution in [2.45, 2.75) is 32.2 Å². The average Bonchev–Trinajstić information content (AvgIpc) is 2.39. The highest BCUT2D eigenvalue weighted by atomic mass is 16.5. The predicted molar refractivity (Wildman–Crippen MR) is 79.6 cm³/mol. The second-order valence-corrected chi connectivity index (χ2v) is 4.59. The van der Waals surface area contributed by atoms with E-state index in [4.69, 9.17) is 4.74 Å². The van der Waals surface area contributed by atoms with Crippen LogP contribution in [0, 0.1) is 0 Å². The largest absolute Gasteiger partial charge is 0.394 e. The topological polar surface area (TPSA) is 45.1 Å². The van der Waals surface area contributed by atoms with Gasteiger partial charge in [-0.25, -0.2) is 0 Å². The molecule has 0 bridgehead atoms. The van der Waals surface area contributed by atoms with Crippen LogP contribution in [0.3, 0.4) is 0 Å². The van der Waals surface area contributed by atoms with Crippen LogP contribution in [-0.4, -0.2) is 55.2 Å². The minimum Gasteiger partial charge on any atom is -0.394 e. The molecule has 0 amide bonds. The van der Waals surface area contributed by atoms with Crippen LogP contribution in [0.15, 0.2) is 29.4 Å². The van der Waals surface area contributed by atoms with Gasteiger partial charge in [-0.3, -0.25) is 9.89 Å². The maximum absolute atomic E-state index is 9.69. The summed E-state index contributed by atoms with van der Waals surface area (Å²) in [7, 11) is 1.71. The van der Waals surface area contributed by atoms with E-state index in [9.17, 15) is 5.11 Å². The molecule has 108 valence electrons. The van der Waals surface area contributed by atoms with Gasteiger partial charge < -0.3 is 9.84 Å². The molecule has 0 saturated heterocycles. The van der Waals surface area contributed by atoms with Crippen molar-refractivity contribution in [3.8, 4) is 0 Å². The lowest BCUT2D eigenvalue weighted by Crippen LogP contribution is -2.44. The Bertz CT molecular complexity index is 324. The number of nitrogens with zero attached hydrogens (tertiary/aromatic N) is 2. The molecular formula is C15H26N2O2. The van der Waals surface area contributed by atoms with Crippen LogP contribution in [0.25, 0.3) is 0 Å². The van der Waals surface area contributed by atoms with Crippen LogP contribution in [0.4, 0.5) is 0 Å². The number of aliphatic hydroxyl groups excluding tert-OH is 1. The average molecular weight is 266 g/mol. The van der Waals surface area contributed by atoms with Gasteiger partial charge in [0, 0.05) is 26.5 Å². The standard InChI is InChI=1S/C15H26N2O2/c1-3-17(11-8-12-19-2)15(13-18)14-9-6-4-5-7-10-16-14/h6-7,9-10,15,18H,3-5,8,11-13H2,1-2H3/b9-6-,10-7-,16-14+. The maximum atomic E-state index is 9.69. The number of allylic oxidation sites excluding steroid dienone is 2. The third kappa shape index (κ3) is 5.68. The molecule has 4 nitrogen and oxygen atoms in total.